The number of hydrogen-bond donors (Lipinski definition) is 1. The average Bonchev–Trinajstić information content (AvgIpc) is 2.74. The van der Waals surface area contributed by atoms with Gasteiger partial charge in [0.1, 0.15) is 18.0 Å². The SMILES string of the molecule is C=CC[C@@H](Oc1ccc(F)cc1F)[C@H](C)OC(=O)[C@H](C)CC(=O)c1nccc(OC)c1O. The molecule has 0 aliphatic carbocycles. The molecule has 0 spiro atoms. The average molecular weight is 449 g/mol. The number of methoxy groups -OCH3 is 1. The van der Waals surface area contributed by atoms with Crippen molar-refractivity contribution in [3.05, 3.63) is 60.4 Å². The van der Waals surface area contributed by atoms with Crippen molar-refractivity contribution in [1.82, 2.24) is 4.98 Å². The summed E-state index contributed by atoms with van der Waals surface area (Å²) in [4.78, 5) is 28.8. The Morgan fingerprint density at radius 2 is 1.94 bits per heavy atom. The van der Waals surface area contributed by atoms with Gasteiger partial charge in [-0.3, -0.25) is 9.59 Å². The number of rotatable bonds is 11. The molecule has 3 atom stereocenters. The minimum absolute atomic E-state index is 0.0876. The molecule has 172 valence electrons. The van der Waals surface area contributed by atoms with Gasteiger partial charge in [0.25, 0.3) is 0 Å². The van der Waals surface area contributed by atoms with Gasteiger partial charge in [-0.25, -0.2) is 13.8 Å². The first-order valence-corrected chi connectivity index (χ1v) is 9.86. The fourth-order valence-electron chi connectivity index (χ4n) is 2.87. The predicted molar refractivity (Wildman–Crippen MR) is 112 cm³/mol. The summed E-state index contributed by atoms with van der Waals surface area (Å²) in [6, 6.07) is 4.28. The van der Waals surface area contributed by atoms with Gasteiger partial charge in [-0.2, -0.15) is 0 Å². The first-order valence-electron chi connectivity index (χ1n) is 9.86. The van der Waals surface area contributed by atoms with Crippen LogP contribution in [0.4, 0.5) is 8.78 Å². The van der Waals surface area contributed by atoms with Gasteiger partial charge in [0, 0.05) is 31.2 Å². The molecular formula is C23H25F2NO6. The molecule has 0 saturated heterocycles. The molecule has 0 radical (unpaired) electrons. The predicted octanol–water partition coefficient (Wildman–Crippen LogP) is 4.24. The molecule has 0 aliphatic heterocycles. The number of ether oxygens (including phenoxy) is 3. The van der Waals surface area contributed by atoms with Crippen LogP contribution in [0.25, 0.3) is 0 Å². The van der Waals surface area contributed by atoms with Gasteiger partial charge in [0.05, 0.1) is 13.0 Å². The number of aromatic nitrogens is 1. The van der Waals surface area contributed by atoms with Crippen LogP contribution in [0.1, 0.15) is 37.2 Å². The zero-order chi connectivity index (χ0) is 23.8. The number of carbonyl (C=O) groups is 2. The normalized spacial score (nSPS) is 13.5. The number of carbonyl (C=O) groups excluding carboxylic acids is 2. The minimum Gasteiger partial charge on any atom is -0.503 e. The lowest BCUT2D eigenvalue weighted by molar-refractivity contribution is -0.157. The number of nitrogens with zero attached hydrogens (tertiary/aromatic N) is 1. The van der Waals surface area contributed by atoms with Crippen LogP contribution in [-0.2, 0) is 9.53 Å². The zero-order valence-corrected chi connectivity index (χ0v) is 18.0. The number of pyridine rings is 1. The molecule has 32 heavy (non-hydrogen) atoms. The summed E-state index contributed by atoms with van der Waals surface area (Å²) >= 11 is 0. The van der Waals surface area contributed by atoms with E-state index < -0.39 is 47.3 Å². The Kier molecular flexibility index (Phi) is 8.69. The highest BCUT2D eigenvalue weighted by Crippen LogP contribution is 2.29. The third kappa shape index (κ3) is 6.26. The largest absolute Gasteiger partial charge is 0.503 e. The van der Waals surface area contributed by atoms with Gasteiger partial charge in [-0.15, -0.1) is 6.58 Å². The van der Waals surface area contributed by atoms with Gasteiger partial charge in [0.15, 0.2) is 34.5 Å². The van der Waals surface area contributed by atoms with Crippen molar-refractivity contribution in [2.24, 2.45) is 5.92 Å². The Bertz CT molecular complexity index is 981. The van der Waals surface area contributed by atoms with E-state index in [1.807, 2.05) is 0 Å². The number of halogens is 2. The lowest BCUT2D eigenvalue weighted by Crippen LogP contribution is -2.35. The van der Waals surface area contributed by atoms with Crippen LogP contribution in [0.3, 0.4) is 0 Å². The molecule has 0 aliphatic rings. The summed E-state index contributed by atoms with van der Waals surface area (Å²) in [7, 11) is 1.34. The van der Waals surface area contributed by atoms with Crippen LogP contribution in [0.15, 0.2) is 43.1 Å². The lowest BCUT2D eigenvalue weighted by Gasteiger charge is -2.25. The Labute approximate surface area is 184 Å². The van der Waals surface area contributed by atoms with Crippen LogP contribution in [0, 0.1) is 17.6 Å². The Morgan fingerprint density at radius 1 is 1.22 bits per heavy atom. The van der Waals surface area contributed by atoms with E-state index >= 15 is 0 Å². The fraction of sp³-hybridized carbons (Fsp3) is 0.348. The van der Waals surface area contributed by atoms with Crippen LogP contribution in [0.5, 0.6) is 17.2 Å². The molecule has 0 saturated carbocycles. The van der Waals surface area contributed by atoms with E-state index in [2.05, 4.69) is 11.6 Å². The molecule has 7 nitrogen and oxygen atoms in total. The summed E-state index contributed by atoms with van der Waals surface area (Å²) in [6.45, 7) is 6.66. The maximum Gasteiger partial charge on any atom is 0.309 e. The standard InChI is InChI=1S/C23H25F2NO6/c1-5-6-18(32-19-8-7-15(24)12-16(19)25)14(3)31-23(29)13(2)11-17(27)21-22(28)20(30-4)9-10-26-21/h5,7-10,12-14,18,28H,1,6,11H2,2-4H3/t13-,14+,18-/m1/s1. The van der Waals surface area contributed by atoms with Crippen molar-refractivity contribution in [3.63, 3.8) is 0 Å². The zero-order valence-electron chi connectivity index (χ0n) is 18.0. The van der Waals surface area contributed by atoms with E-state index in [4.69, 9.17) is 14.2 Å². The highest BCUT2D eigenvalue weighted by molar-refractivity contribution is 5.99. The number of ketones is 1. The third-order valence-electron chi connectivity index (χ3n) is 4.66. The molecule has 1 N–H and O–H groups in total. The van der Waals surface area contributed by atoms with Gasteiger partial charge >= 0.3 is 5.97 Å². The van der Waals surface area contributed by atoms with E-state index in [1.165, 1.54) is 32.4 Å². The fourth-order valence-corrected chi connectivity index (χ4v) is 2.87. The van der Waals surface area contributed by atoms with Crippen LogP contribution < -0.4 is 9.47 Å². The van der Waals surface area contributed by atoms with Crippen molar-refractivity contribution in [3.8, 4) is 17.2 Å². The van der Waals surface area contributed by atoms with Gasteiger partial charge in [-0.05, 0) is 19.1 Å². The van der Waals surface area contributed by atoms with Crippen molar-refractivity contribution in [2.45, 2.75) is 38.9 Å². The highest BCUT2D eigenvalue weighted by Gasteiger charge is 2.28. The summed E-state index contributed by atoms with van der Waals surface area (Å²) in [5, 5.41) is 10.1. The molecule has 2 rings (SSSR count). The number of aromatic hydroxyl groups is 1. The summed E-state index contributed by atoms with van der Waals surface area (Å²) in [5.74, 6) is -4.25. The Balaban J connectivity index is 2.03. The molecule has 0 bridgehead atoms. The van der Waals surface area contributed by atoms with Crippen molar-refractivity contribution in [1.29, 1.82) is 0 Å². The van der Waals surface area contributed by atoms with Gasteiger partial charge in [0.2, 0.25) is 0 Å². The van der Waals surface area contributed by atoms with E-state index in [1.54, 1.807) is 6.92 Å². The van der Waals surface area contributed by atoms with Crippen LogP contribution >= 0.6 is 0 Å². The molecule has 1 aromatic heterocycles. The monoisotopic (exact) mass is 449 g/mol. The first kappa shape index (κ1) is 24.8. The second-order valence-corrected chi connectivity index (χ2v) is 7.14. The van der Waals surface area contributed by atoms with E-state index in [0.29, 0.717) is 6.07 Å². The van der Waals surface area contributed by atoms with Gasteiger partial charge < -0.3 is 19.3 Å². The summed E-state index contributed by atoms with van der Waals surface area (Å²) < 4.78 is 43.0. The number of hydrogen-bond acceptors (Lipinski definition) is 7. The molecule has 2 aromatic rings. The maximum atomic E-state index is 13.9. The van der Waals surface area contributed by atoms with Crippen molar-refractivity contribution < 1.29 is 37.7 Å². The number of Topliss-reactive ketones (excluding diaryl/α,β-unsaturated/α-hetero) is 1. The molecule has 9 heteroatoms. The van der Waals surface area contributed by atoms with Crippen molar-refractivity contribution >= 4 is 11.8 Å². The second kappa shape index (κ2) is 11.2. The lowest BCUT2D eigenvalue weighted by atomic mass is 10.0. The van der Waals surface area contributed by atoms with E-state index in [0.717, 1.165) is 12.1 Å². The number of benzene rings is 1. The van der Waals surface area contributed by atoms with Crippen molar-refractivity contribution in [2.75, 3.05) is 7.11 Å². The molecule has 1 aromatic carbocycles. The second-order valence-electron chi connectivity index (χ2n) is 7.14. The Morgan fingerprint density at radius 3 is 2.56 bits per heavy atom. The van der Waals surface area contributed by atoms with Crippen LogP contribution in [0.2, 0.25) is 0 Å². The third-order valence-corrected chi connectivity index (χ3v) is 4.66. The summed E-state index contributed by atoms with van der Waals surface area (Å²) in [5.41, 5.74) is -0.211. The Hall–Kier alpha value is -3.49. The molecule has 0 amide bonds. The van der Waals surface area contributed by atoms with E-state index in [-0.39, 0.29) is 30.0 Å². The molecule has 1 heterocycles. The number of esters is 1. The quantitative estimate of drug-likeness (QED) is 0.311. The minimum atomic E-state index is -0.887. The topological polar surface area (TPSA) is 95.0 Å². The highest BCUT2D eigenvalue weighted by atomic mass is 19.1. The molecule has 0 fully saturated rings. The molecular weight excluding hydrogens is 424 g/mol. The summed E-state index contributed by atoms with van der Waals surface area (Å²) in [6.07, 6.45) is 1.16. The maximum absolute atomic E-state index is 13.9. The first-order chi connectivity index (χ1) is 15.2. The smallest absolute Gasteiger partial charge is 0.309 e. The molecule has 0 unspecified atom stereocenters. The van der Waals surface area contributed by atoms with Crippen LogP contribution in [-0.4, -0.2) is 41.2 Å². The van der Waals surface area contributed by atoms with E-state index in [9.17, 15) is 23.5 Å². The van der Waals surface area contributed by atoms with Gasteiger partial charge in [-0.1, -0.05) is 13.0 Å².